The highest BCUT2D eigenvalue weighted by molar-refractivity contribution is 4.84. The van der Waals surface area contributed by atoms with Crippen LogP contribution in [0.5, 0.6) is 0 Å². The van der Waals surface area contributed by atoms with Crippen LogP contribution in [0.1, 0.15) is 71.1 Å². The third-order valence-electron chi connectivity index (χ3n) is 3.51. The second-order valence-corrected chi connectivity index (χ2v) is 5.07. The summed E-state index contributed by atoms with van der Waals surface area (Å²) in [4.78, 5) is 0. The molecule has 2 N–H and O–H groups in total. The van der Waals surface area contributed by atoms with Crippen molar-refractivity contribution in [2.45, 2.75) is 83.3 Å². The summed E-state index contributed by atoms with van der Waals surface area (Å²) < 4.78 is 5.41. The molecular formula is C14H29NO. The van der Waals surface area contributed by atoms with Crippen LogP contribution in [0.25, 0.3) is 0 Å². The summed E-state index contributed by atoms with van der Waals surface area (Å²) in [6.07, 6.45) is 14.8. The van der Waals surface area contributed by atoms with Crippen LogP contribution in [0.2, 0.25) is 0 Å². The topological polar surface area (TPSA) is 38.5 Å². The van der Waals surface area contributed by atoms with E-state index in [4.69, 9.17) is 10.5 Å². The van der Waals surface area contributed by atoms with Gasteiger partial charge in [0.2, 0.25) is 0 Å². The molecule has 0 aromatic carbocycles. The predicted octanol–water partition coefficient (Wildman–Crippen LogP) is 3.63. The van der Waals surface area contributed by atoms with Crippen LogP contribution in [0.15, 0.2) is 0 Å². The normalized spacial score (nSPS) is 23.6. The number of epoxide rings is 1. The molecule has 1 heterocycles. The van der Waals surface area contributed by atoms with Crippen LogP contribution >= 0.6 is 0 Å². The van der Waals surface area contributed by atoms with Crippen molar-refractivity contribution in [1.82, 2.24) is 0 Å². The molecule has 1 aliphatic rings. The van der Waals surface area contributed by atoms with E-state index in [2.05, 4.69) is 6.92 Å². The monoisotopic (exact) mass is 227 g/mol. The van der Waals surface area contributed by atoms with Crippen LogP contribution in [-0.4, -0.2) is 18.8 Å². The minimum absolute atomic E-state index is 0.397. The van der Waals surface area contributed by atoms with Crippen LogP contribution < -0.4 is 5.73 Å². The minimum atomic E-state index is 0.397. The van der Waals surface area contributed by atoms with Gasteiger partial charge in [0, 0.05) is 6.54 Å². The Bertz CT molecular complexity index is 161. The molecule has 0 bridgehead atoms. The summed E-state index contributed by atoms with van der Waals surface area (Å²) in [5.41, 5.74) is 5.51. The summed E-state index contributed by atoms with van der Waals surface area (Å²) in [6.45, 7) is 2.98. The summed E-state index contributed by atoms with van der Waals surface area (Å²) in [7, 11) is 0. The lowest BCUT2D eigenvalue weighted by Gasteiger charge is -2.01. The van der Waals surface area contributed by atoms with Gasteiger partial charge in [-0.2, -0.15) is 0 Å². The Labute approximate surface area is 101 Å². The third-order valence-corrected chi connectivity index (χ3v) is 3.51. The maximum atomic E-state index is 5.51. The van der Waals surface area contributed by atoms with Crippen LogP contribution in [0.3, 0.4) is 0 Å². The van der Waals surface area contributed by atoms with Gasteiger partial charge in [-0.25, -0.2) is 0 Å². The molecule has 0 aromatic heterocycles. The first-order valence-corrected chi connectivity index (χ1v) is 7.24. The fourth-order valence-electron chi connectivity index (χ4n) is 2.30. The van der Waals surface area contributed by atoms with E-state index in [0.29, 0.717) is 18.8 Å². The molecule has 2 unspecified atom stereocenters. The quantitative estimate of drug-likeness (QED) is 0.432. The van der Waals surface area contributed by atoms with Crippen molar-refractivity contribution in [2.75, 3.05) is 6.54 Å². The van der Waals surface area contributed by atoms with Crippen molar-refractivity contribution in [2.24, 2.45) is 5.73 Å². The summed E-state index contributed by atoms with van der Waals surface area (Å²) in [6, 6.07) is 0. The first-order valence-electron chi connectivity index (χ1n) is 7.24. The average Bonchev–Trinajstić information content (AvgIpc) is 3.05. The molecule has 1 fully saturated rings. The molecule has 16 heavy (non-hydrogen) atoms. The van der Waals surface area contributed by atoms with Crippen molar-refractivity contribution in [1.29, 1.82) is 0 Å². The van der Waals surface area contributed by atoms with E-state index in [0.717, 1.165) is 0 Å². The van der Waals surface area contributed by atoms with Crippen molar-refractivity contribution in [3.8, 4) is 0 Å². The number of hydrogen-bond acceptors (Lipinski definition) is 2. The van der Waals surface area contributed by atoms with Crippen molar-refractivity contribution >= 4 is 0 Å². The molecule has 1 aliphatic heterocycles. The first kappa shape index (κ1) is 14.0. The third kappa shape index (κ3) is 6.49. The number of hydrogen-bond donors (Lipinski definition) is 1. The largest absolute Gasteiger partial charge is 0.368 e. The van der Waals surface area contributed by atoms with Crippen LogP contribution in [0, 0.1) is 0 Å². The molecule has 0 saturated carbocycles. The van der Waals surface area contributed by atoms with Crippen molar-refractivity contribution in [3.05, 3.63) is 0 Å². The molecule has 2 atom stereocenters. The van der Waals surface area contributed by atoms with Gasteiger partial charge < -0.3 is 10.5 Å². The second-order valence-electron chi connectivity index (χ2n) is 5.07. The lowest BCUT2D eigenvalue weighted by Crippen LogP contribution is -2.09. The molecule has 96 valence electrons. The van der Waals surface area contributed by atoms with Gasteiger partial charge in [-0.15, -0.1) is 0 Å². The smallest absolute Gasteiger partial charge is 0.0963 e. The molecule has 2 nitrogen and oxygen atoms in total. The number of unbranched alkanes of at least 4 members (excludes halogenated alkanes) is 8. The van der Waals surface area contributed by atoms with Gasteiger partial charge in [0.1, 0.15) is 0 Å². The molecule has 0 aliphatic carbocycles. The molecule has 1 saturated heterocycles. The van der Waals surface area contributed by atoms with Crippen LogP contribution in [0.4, 0.5) is 0 Å². The Morgan fingerprint density at radius 1 is 0.812 bits per heavy atom. The number of nitrogens with two attached hydrogens (primary N) is 1. The summed E-state index contributed by atoms with van der Waals surface area (Å²) in [5.74, 6) is 0. The predicted molar refractivity (Wildman–Crippen MR) is 69.6 cm³/mol. The van der Waals surface area contributed by atoms with E-state index in [1.54, 1.807) is 0 Å². The van der Waals surface area contributed by atoms with Gasteiger partial charge in [0.15, 0.2) is 0 Å². The molecule has 0 amide bonds. The molecule has 0 aromatic rings. The highest BCUT2D eigenvalue weighted by Crippen LogP contribution is 2.26. The zero-order valence-corrected chi connectivity index (χ0v) is 10.9. The molecule has 1 rings (SSSR count). The summed E-state index contributed by atoms with van der Waals surface area (Å²) in [5, 5.41) is 0. The first-order chi connectivity index (χ1) is 7.88. The molecular weight excluding hydrogens is 198 g/mol. The van der Waals surface area contributed by atoms with Crippen LogP contribution in [-0.2, 0) is 4.74 Å². The molecule has 0 radical (unpaired) electrons. The summed E-state index contributed by atoms with van der Waals surface area (Å²) >= 11 is 0. The zero-order chi connectivity index (χ0) is 11.6. The van der Waals surface area contributed by atoms with Gasteiger partial charge in [-0.3, -0.25) is 0 Å². The Morgan fingerprint density at radius 3 is 1.88 bits per heavy atom. The maximum Gasteiger partial charge on any atom is 0.0963 e. The molecule has 2 heteroatoms. The fourth-order valence-corrected chi connectivity index (χ4v) is 2.30. The highest BCUT2D eigenvalue weighted by Gasteiger charge is 2.36. The van der Waals surface area contributed by atoms with E-state index >= 15 is 0 Å². The second kappa shape index (κ2) is 9.00. The van der Waals surface area contributed by atoms with Crippen molar-refractivity contribution in [3.63, 3.8) is 0 Å². The Kier molecular flexibility index (Phi) is 7.87. The van der Waals surface area contributed by atoms with Crippen molar-refractivity contribution < 1.29 is 4.74 Å². The lowest BCUT2D eigenvalue weighted by molar-refractivity contribution is 0.359. The average molecular weight is 227 g/mol. The van der Waals surface area contributed by atoms with Gasteiger partial charge in [-0.05, 0) is 6.42 Å². The van der Waals surface area contributed by atoms with E-state index in [9.17, 15) is 0 Å². The number of rotatable bonds is 11. The SMILES string of the molecule is CCCCCCCCCCCC1OC1CN. The Balaban J connectivity index is 1.69. The minimum Gasteiger partial charge on any atom is -0.368 e. The Hall–Kier alpha value is -0.0800. The zero-order valence-electron chi connectivity index (χ0n) is 10.9. The van der Waals surface area contributed by atoms with Gasteiger partial charge >= 0.3 is 0 Å². The molecule has 0 spiro atoms. The van der Waals surface area contributed by atoms with E-state index in [-0.39, 0.29) is 0 Å². The van der Waals surface area contributed by atoms with Gasteiger partial charge in [0.05, 0.1) is 12.2 Å². The number of ether oxygens (including phenoxy) is 1. The fraction of sp³-hybridized carbons (Fsp3) is 1.00. The van der Waals surface area contributed by atoms with E-state index in [1.807, 2.05) is 0 Å². The Morgan fingerprint density at radius 2 is 1.38 bits per heavy atom. The van der Waals surface area contributed by atoms with Gasteiger partial charge in [-0.1, -0.05) is 64.7 Å². The lowest BCUT2D eigenvalue weighted by atomic mass is 10.1. The highest BCUT2D eigenvalue weighted by atomic mass is 16.6. The van der Waals surface area contributed by atoms with Gasteiger partial charge in [0.25, 0.3) is 0 Å². The van der Waals surface area contributed by atoms with E-state index < -0.39 is 0 Å². The van der Waals surface area contributed by atoms with E-state index in [1.165, 1.54) is 64.2 Å². The maximum absolute atomic E-state index is 5.51. The standard InChI is InChI=1S/C14H29NO/c1-2-3-4-5-6-7-8-9-10-11-13-14(12-15)16-13/h13-14H,2-12,15H2,1H3.